The molecule has 0 radical (unpaired) electrons. The number of carbonyl (C=O) groups excluding carboxylic acids is 3. The first kappa shape index (κ1) is 26.7. The van der Waals surface area contributed by atoms with Gasteiger partial charge in [-0.1, -0.05) is 25.7 Å². The maximum Gasteiger partial charge on any atom is 0.426 e. The normalized spacial score (nSPS) is 23.0. The van der Waals surface area contributed by atoms with Crippen LogP contribution in [0.25, 0.3) is 0 Å². The molecule has 13 heteroatoms. The highest BCUT2D eigenvalue weighted by atomic mass is 16.8. The van der Waals surface area contributed by atoms with E-state index in [0.29, 0.717) is 25.9 Å². The van der Waals surface area contributed by atoms with Crippen LogP contribution in [0, 0.1) is 11.8 Å². The molecule has 4 amide bonds. The van der Waals surface area contributed by atoms with E-state index in [1.54, 1.807) is 6.07 Å². The highest BCUT2D eigenvalue weighted by Crippen LogP contribution is 2.33. The van der Waals surface area contributed by atoms with Gasteiger partial charge in [0.05, 0.1) is 12.5 Å². The number of amides is 4. The van der Waals surface area contributed by atoms with Gasteiger partial charge in [-0.25, -0.2) is 34.7 Å². The van der Waals surface area contributed by atoms with Crippen molar-refractivity contribution in [2.75, 3.05) is 25.0 Å². The molecule has 1 saturated carbocycles. The molecular weight excluding hydrogens is 484 g/mol. The lowest BCUT2D eigenvalue weighted by Crippen LogP contribution is -2.55. The average Bonchev–Trinajstić information content (AvgIpc) is 3.59. The van der Waals surface area contributed by atoms with Gasteiger partial charge in [-0.15, -0.1) is 0 Å². The third kappa shape index (κ3) is 6.92. The highest BCUT2D eigenvalue weighted by molar-refractivity contribution is 5.97. The van der Waals surface area contributed by atoms with Gasteiger partial charge in [-0.2, -0.15) is 0 Å². The van der Waals surface area contributed by atoms with E-state index in [1.165, 1.54) is 12.4 Å². The monoisotopic (exact) mass is 518 g/mol. The van der Waals surface area contributed by atoms with Gasteiger partial charge >= 0.3 is 6.09 Å². The molecule has 3 fully saturated rings. The zero-order valence-corrected chi connectivity index (χ0v) is 20.7. The summed E-state index contributed by atoms with van der Waals surface area (Å²) in [4.78, 5) is 64.6. The standard InChI is InChI=1S/C24H34N6O7/c31-16-28(37-20-8-3-4-13-36-20)15-18(14-17-6-1-2-7-17)22(33)30-19(9-12-29(30)24(34)35)21(32)27-23-25-10-5-11-26-23/h5,10-11,16-20H,1-4,6-9,12-15H2,(H,34,35)(H,25,26,27,32)/t18-,19+,20?/m1/s1. The maximum absolute atomic E-state index is 13.9. The molecule has 4 rings (SSSR count). The molecule has 1 aromatic rings. The van der Waals surface area contributed by atoms with Gasteiger partial charge in [0.1, 0.15) is 6.04 Å². The van der Waals surface area contributed by atoms with Crippen LogP contribution in [-0.2, 0) is 24.0 Å². The number of nitrogens with zero attached hydrogens (tertiary/aromatic N) is 5. The minimum Gasteiger partial charge on any atom is -0.464 e. The van der Waals surface area contributed by atoms with Crippen molar-refractivity contribution in [3.05, 3.63) is 18.5 Å². The Kier molecular flexibility index (Phi) is 9.23. The van der Waals surface area contributed by atoms with Crippen LogP contribution in [0.5, 0.6) is 0 Å². The second kappa shape index (κ2) is 12.8. The lowest BCUT2D eigenvalue weighted by molar-refractivity contribution is -0.276. The van der Waals surface area contributed by atoms with Gasteiger partial charge in [0.25, 0.3) is 5.91 Å². The summed E-state index contributed by atoms with van der Waals surface area (Å²) >= 11 is 0. The largest absolute Gasteiger partial charge is 0.464 e. The van der Waals surface area contributed by atoms with Crippen molar-refractivity contribution in [1.82, 2.24) is 25.0 Å². The average molecular weight is 519 g/mol. The number of carbonyl (C=O) groups is 4. The molecule has 3 heterocycles. The number of hydrogen-bond donors (Lipinski definition) is 2. The second-order valence-electron chi connectivity index (χ2n) is 9.64. The Morgan fingerprint density at radius 2 is 1.89 bits per heavy atom. The van der Waals surface area contributed by atoms with E-state index in [2.05, 4.69) is 15.3 Å². The Labute approximate surface area is 215 Å². The fourth-order valence-electron chi connectivity index (χ4n) is 5.26. The molecule has 2 aliphatic heterocycles. The summed E-state index contributed by atoms with van der Waals surface area (Å²) < 4.78 is 5.57. The first-order valence-corrected chi connectivity index (χ1v) is 12.9. The van der Waals surface area contributed by atoms with Crippen molar-refractivity contribution in [3.8, 4) is 0 Å². The van der Waals surface area contributed by atoms with Crippen LogP contribution >= 0.6 is 0 Å². The molecule has 3 aliphatic rings. The first-order valence-electron chi connectivity index (χ1n) is 12.9. The number of hydroxylamine groups is 2. The second-order valence-corrected chi connectivity index (χ2v) is 9.64. The van der Waals surface area contributed by atoms with E-state index >= 15 is 0 Å². The predicted molar refractivity (Wildman–Crippen MR) is 128 cm³/mol. The zero-order chi connectivity index (χ0) is 26.2. The number of rotatable bonds is 10. The minimum atomic E-state index is -1.33. The lowest BCUT2D eigenvalue weighted by Gasteiger charge is -2.35. The van der Waals surface area contributed by atoms with Crippen LogP contribution in [-0.4, -0.2) is 86.5 Å². The Morgan fingerprint density at radius 1 is 1.16 bits per heavy atom. The summed E-state index contributed by atoms with van der Waals surface area (Å²) in [5.74, 6) is -1.56. The van der Waals surface area contributed by atoms with Crippen molar-refractivity contribution >= 4 is 30.3 Å². The maximum atomic E-state index is 13.9. The zero-order valence-electron chi connectivity index (χ0n) is 20.7. The number of hydrogen-bond acceptors (Lipinski definition) is 8. The number of carboxylic acid groups (broad SMARTS) is 1. The van der Waals surface area contributed by atoms with Crippen LogP contribution in [0.4, 0.5) is 10.7 Å². The lowest BCUT2D eigenvalue weighted by atomic mass is 9.92. The van der Waals surface area contributed by atoms with Gasteiger partial charge in [0.2, 0.25) is 18.3 Å². The van der Waals surface area contributed by atoms with Crippen LogP contribution in [0.2, 0.25) is 0 Å². The Bertz CT molecular complexity index is 939. The molecule has 13 nitrogen and oxygen atoms in total. The fraction of sp³-hybridized carbons (Fsp3) is 0.667. The van der Waals surface area contributed by atoms with Crippen molar-refractivity contribution < 1.29 is 33.9 Å². The molecule has 0 spiro atoms. The van der Waals surface area contributed by atoms with Crippen molar-refractivity contribution in [2.24, 2.45) is 11.8 Å². The van der Waals surface area contributed by atoms with Crippen molar-refractivity contribution in [2.45, 2.75) is 70.1 Å². The van der Waals surface area contributed by atoms with Crippen molar-refractivity contribution in [1.29, 1.82) is 0 Å². The van der Waals surface area contributed by atoms with Gasteiger partial charge in [-0.3, -0.25) is 19.7 Å². The summed E-state index contributed by atoms with van der Waals surface area (Å²) in [7, 11) is 0. The number of nitrogens with one attached hydrogen (secondary N) is 1. The Hall–Kier alpha value is -3.32. The molecule has 202 valence electrons. The quantitative estimate of drug-likeness (QED) is 0.350. The van der Waals surface area contributed by atoms with Crippen LogP contribution in [0.3, 0.4) is 0 Å². The van der Waals surface area contributed by atoms with Gasteiger partial charge in [0, 0.05) is 32.0 Å². The summed E-state index contributed by atoms with van der Waals surface area (Å²) in [6.45, 7) is 0.443. The summed E-state index contributed by atoms with van der Waals surface area (Å²) in [6.07, 6.45) is 8.59. The SMILES string of the molecule is O=CN(C[C@@H](CC1CCCC1)C(=O)N1[C@H](C(=O)Nc2ncccn2)CCN1C(=O)O)OC1CCCCO1. The molecule has 2 saturated heterocycles. The number of anilines is 1. The van der Waals surface area contributed by atoms with Crippen LogP contribution < -0.4 is 5.32 Å². The van der Waals surface area contributed by atoms with Crippen LogP contribution in [0.15, 0.2) is 18.5 Å². The molecule has 2 N–H and O–H groups in total. The smallest absolute Gasteiger partial charge is 0.426 e. The topological polar surface area (TPSA) is 154 Å². The van der Waals surface area contributed by atoms with E-state index in [0.717, 1.165) is 53.6 Å². The van der Waals surface area contributed by atoms with Gasteiger partial charge in [-0.05, 0) is 37.7 Å². The molecule has 1 aromatic heterocycles. The van der Waals surface area contributed by atoms with Gasteiger partial charge < -0.3 is 9.84 Å². The first-order chi connectivity index (χ1) is 18.0. The Morgan fingerprint density at radius 3 is 2.54 bits per heavy atom. The molecule has 0 bridgehead atoms. The molecular formula is C24H34N6O7. The predicted octanol–water partition coefficient (Wildman–Crippen LogP) is 2.02. The van der Waals surface area contributed by atoms with Crippen LogP contribution in [0.1, 0.15) is 57.8 Å². The van der Waals surface area contributed by atoms with Crippen molar-refractivity contribution in [3.63, 3.8) is 0 Å². The number of hydrazine groups is 1. The van der Waals surface area contributed by atoms with E-state index < -0.39 is 36.2 Å². The van der Waals surface area contributed by atoms with Gasteiger partial charge in [0.15, 0.2) is 6.29 Å². The summed E-state index contributed by atoms with van der Waals surface area (Å²) in [5.41, 5.74) is 0. The van der Waals surface area contributed by atoms with E-state index in [1.807, 2.05) is 0 Å². The highest BCUT2D eigenvalue weighted by Gasteiger charge is 2.45. The van der Waals surface area contributed by atoms with E-state index in [4.69, 9.17) is 9.57 Å². The third-order valence-corrected chi connectivity index (χ3v) is 7.07. The third-order valence-electron chi connectivity index (χ3n) is 7.07. The number of ether oxygens (including phenoxy) is 1. The number of aromatic nitrogens is 2. The molecule has 1 unspecified atom stereocenters. The molecule has 3 atom stereocenters. The minimum absolute atomic E-state index is 0.0191. The summed E-state index contributed by atoms with van der Waals surface area (Å²) in [5, 5.41) is 15.3. The molecule has 0 aromatic carbocycles. The Balaban J connectivity index is 1.53. The molecule has 1 aliphatic carbocycles. The molecule has 37 heavy (non-hydrogen) atoms. The summed E-state index contributed by atoms with van der Waals surface area (Å²) in [6, 6.07) is 0.533. The van der Waals surface area contributed by atoms with E-state index in [9.17, 15) is 24.3 Å². The van der Waals surface area contributed by atoms with E-state index in [-0.39, 0.29) is 31.4 Å². The fourth-order valence-corrected chi connectivity index (χ4v) is 5.26.